The highest BCUT2D eigenvalue weighted by Gasteiger charge is 2.25. The van der Waals surface area contributed by atoms with Crippen molar-refractivity contribution in [3.8, 4) is 0 Å². The zero-order chi connectivity index (χ0) is 8.85. The molecule has 0 saturated carbocycles. The molecule has 0 radical (unpaired) electrons. The summed E-state index contributed by atoms with van der Waals surface area (Å²) in [5, 5.41) is 0. The number of hydrogen-bond donors (Lipinski definition) is 0. The summed E-state index contributed by atoms with van der Waals surface area (Å²) in [4.78, 5) is 0. The van der Waals surface area contributed by atoms with E-state index in [1.54, 1.807) is 14.2 Å². The van der Waals surface area contributed by atoms with Gasteiger partial charge in [0.05, 0.1) is 0 Å². The van der Waals surface area contributed by atoms with Gasteiger partial charge < -0.3 is 8.85 Å². The van der Waals surface area contributed by atoms with Crippen molar-refractivity contribution >= 4 is 9.28 Å². The minimum absolute atomic E-state index is 0.644. The third-order valence-electron chi connectivity index (χ3n) is 2.14. The molecule has 0 aromatic rings. The summed E-state index contributed by atoms with van der Waals surface area (Å²) in [5.74, 6) is 0.677. The van der Waals surface area contributed by atoms with Crippen LogP contribution in [0.2, 0.25) is 5.54 Å². The summed E-state index contributed by atoms with van der Waals surface area (Å²) in [5.41, 5.74) is 0.644. The van der Waals surface area contributed by atoms with E-state index in [-0.39, 0.29) is 0 Å². The van der Waals surface area contributed by atoms with E-state index in [1.165, 1.54) is 0 Å². The lowest BCUT2D eigenvalue weighted by Gasteiger charge is -2.24. The summed E-state index contributed by atoms with van der Waals surface area (Å²) in [6.07, 6.45) is 1.16. The van der Waals surface area contributed by atoms with Crippen molar-refractivity contribution in [1.29, 1.82) is 0 Å². The van der Waals surface area contributed by atoms with Gasteiger partial charge in [-0.25, -0.2) is 0 Å². The Hall–Kier alpha value is 0.137. The molecule has 11 heavy (non-hydrogen) atoms. The van der Waals surface area contributed by atoms with Gasteiger partial charge in [-0.3, -0.25) is 0 Å². The van der Waals surface area contributed by atoms with Gasteiger partial charge in [-0.2, -0.15) is 0 Å². The minimum Gasteiger partial charge on any atom is -0.400 e. The fraction of sp³-hybridized carbons (Fsp3) is 1.00. The highest BCUT2D eigenvalue weighted by Crippen LogP contribution is 2.25. The van der Waals surface area contributed by atoms with E-state index in [4.69, 9.17) is 8.85 Å². The highest BCUT2D eigenvalue weighted by molar-refractivity contribution is 6.46. The summed E-state index contributed by atoms with van der Waals surface area (Å²) in [7, 11) is 2.15. The van der Waals surface area contributed by atoms with Crippen LogP contribution in [0.25, 0.3) is 0 Å². The second-order valence-corrected chi connectivity index (χ2v) is 5.69. The minimum atomic E-state index is -1.36. The van der Waals surface area contributed by atoms with E-state index in [0.29, 0.717) is 11.5 Å². The molecule has 0 rings (SSSR count). The van der Waals surface area contributed by atoms with Crippen molar-refractivity contribution in [2.75, 3.05) is 14.2 Å². The SMILES string of the molecule is CCC(C(C)C)[SiH](OC)OC. The van der Waals surface area contributed by atoms with Gasteiger partial charge in [0.2, 0.25) is 0 Å². The molecule has 0 aliphatic heterocycles. The van der Waals surface area contributed by atoms with Gasteiger partial charge in [0.25, 0.3) is 0 Å². The van der Waals surface area contributed by atoms with E-state index in [1.807, 2.05) is 0 Å². The maximum absolute atomic E-state index is 5.33. The van der Waals surface area contributed by atoms with Gasteiger partial charge in [-0.1, -0.05) is 27.2 Å². The molecule has 0 spiro atoms. The molecule has 0 aliphatic rings. The monoisotopic (exact) mass is 176 g/mol. The molecule has 3 heteroatoms. The second kappa shape index (κ2) is 5.74. The highest BCUT2D eigenvalue weighted by atomic mass is 28.3. The Morgan fingerprint density at radius 1 is 1.18 bits per heavy atom. The summed E-state index contributed by atoms with van der Waals surface area (Å²) >= 11 is 0. The van der Waals surface area contributed by atoms with Crippen molar-refractivity contribution in [1.82, 2.24) is 0 Å². The Labute approximate surface area is 71.7 Å². The first-order chi connectivity index (χ1) is 5.17. The molecule has 0 bridgehead atoms. The predicted octanol–water partition coefficient (Wildman–Crippen LogP) is 1.94. The Bertz CT molecular complexity index is 92.1. The van der Waals surface area contributed by atoms with Gasteiger partial charge in [0, 0.05) is 19.8 Å². The third kappa shape index (κ3) is 3.36. The molecule has 0 aliphatic carbocycles. The van der Waals surface area contributed by atoms with Crippen LogP contribution in [0.1, 0.15) is 27.2 Å². The quantitative estimate of drug-likeness (QED) is 0.596. The van der Waals surface area contributed by atoms with Gasteiger partial charge in [0.15, 0.2) is 0 Å². The molecule has 2 nitrogen and oxygen atoms in total. The van der Waals surface area contributed by atoms with Crippen LogP contribution in [0.3, 0.4) is 0 Å². The molecule has 0 N–H and O–H groups in total. The van der Waals surface area contributed by atoms with Crippen molar-refractivity contribution < 1.29 is 8.85 Å². The molecule has 0 amide bonds. The van der Waals surface area contributed by atoms with Crippen molar-refractivity contribution in [2.45, 2.75) is 32.7 Å². The fourth-order valence-electron chi connectivity index (χ4n) is 1.42. The van der Waals surface area contributed by atoms with Crippen LogP contribution in [0.4, 0.5) is 0 Å². The summed E-state index contributed by atoms with van der Waals surface area (Å²) in [6.45, 7) is 6.65. The largest absolute Gasteiger partial charge is 0.400 e. The first-order valence-corrected chi connectivity index (χ1v) is 5.83. The topological polar surface area (TPSA) is 18.5 Å². The molecule has 0 aromatic carbocycles. The third-order valence-corrected chi connectivity index (χ3v) is 5.01. The van der Waals surface area contributed by atoms with Crippen LogP contribution in [-0.2, 0) is 8.85 Å². The maximum Gasteiger partial charge on any atom is 0.324 e. The van der Waals surface area contributed by atoms with Gasteiger partial charge in [-0.15, -0.1) is 0 Å². The zero-order valence-electron chi connectivity index (χ0n) is 8.26. The van der Waals surface area contributed by atoms with E-state index < -0.39 is 9.28 Å². The molecule has 0 saturated heterocycles. The Morgan fingerprint density at radius 3 is 1.73 bits per heavy atom. The second-order valence-electron chi connectivity index (χ2n) is 3.16. The Morgan fingerprint density at radius 2 is 1.64 bits per heavy atom. The first-order valence-electron chi connectivity index (χ1n) is 4.22. The summed E-state index contributed by atoms with van der Waals surface area (Å²) < 4.78 is 10.7. The lowest BCUT2D eigenvalue weighted by atomic mass is 10.1. The number of rotatable bonds is 5. The molecule has 0 aromatic heterocycles. The van der Waals surface area contributed by atoms with Crippen molar-refractivity contribution in [3.05, 3.63) is 0 Å². The molecule has 0 heterocycles. The lowest BCUT2D eigenvalue weighted by molar-refractivity contribution is 0.252. The number of hydrogen-bond acceptors (Lipinski definition) is 2. The molecule has 1 unspecified atom stereocenters. The lowest BCUT2D eigenvalue weighted by Crippen LogP contribution is -2.29. The van der Waals surface area contributed by atoms with Crippen molar-refractivity contribution in [2.24, 2.45) is 5.92 Å². The molecule has 0 fully saturated rings. The molecular formula is C8H20O2Si. The van der Waals surface area contributed by atoms with Crippen molar-refractivity contribution in [3.63, 3.8) is 0 Å². The van der Waals surface area contributed by atoms with Crippen LogP contribution in [0.5, 0.6) is 0 Å². The van der Waals surface area contributed by atoms with Crippen LogP contribution in [-0.4, -0.2) is 23.5 Å². The van der Waals surface area contributed by atoms with Crippen LogP contribution in [0.15, 0.2) is 0 Å². The normalized spacial score (nSPS) is 14.5. The zero-order valence-corrected chi connectivity index (χ0v) is 9.41. The Balaban J connectivity index is 3.98. The predicted molar refractivity (Wildman–Crippen MR) is 50.0 cm³/mol. The molecule has 1 atom stereocenters. The van der Waals surface area contributed by atoms with Crippen LogP contribution in [0, 0.1) is 5.92 Å². The maximum atomic E-state index is 5.33. The molecule has 68 valence electrons. The average Bonchev–Trinajstić information content (AvgIpc) is 1.99. The van der Waals surface area contributed by atoms with Gasteiger partial charge in [-0.05, 0) is 5.92 Å². The summed E-state index contributed by atoms with van der Waals surface area (Å²) in [6, 6.07) is 0. The van der Waals surface area contributed by atoms with E-state index in [9.17, 15) is 0 Å². The average molecular weight is 176 g/mol. The smallest absolute Gasteiger partial charge is 0.324 e. The Kier molecular flexibility index (Phi) is 5.82. The van der Waals surface area contributed by atoms with Crippen LogP contribution < -0.4 is 0 Å². The van der Waals surface area contributed by atoms with Gasteiger partial charge >= 0.3 is 9.28 Å². The fourth-order valence-corrected chi connectivity index (χ4v) is 3.33. The van der Waals surface area contributed by atoms with E-state index in [2.05, 4.69) is 20.8 Å². The first kappa shape index (κ1) is 11.1. The van der Waals surface area contributed by atoms with Gasteiger partial charge in [0.1, 0.15) is 0 Å². The standard InChI is InChI=1S/C8H20O2Si/c1-6-8(7(2)3)11(9-4)10-5/h7-8,11H,6H2,1-5H3. The van der Waals surface area contributed by atoms with E-state index >= 15 is 0 Å². The van der Waals surface area contributed by atoms with E-state index in [0.717, 1.165) is 6.42 Å². The van der Waals surface area contributed by atoms with Crippen LogP contribution >= 0.6 is 0 Å². The molecular weight excluding hydrogens is 156 g/mol.